The number of carbonyl (C=O) groups is 2. The lowest BCUT2D eigenvalue weighted by molar-refractivity contribution is 0.0619. The quantitative estimate of drug-likeness (QED) is 0.749. The molecular weight excluding hydrogens is 352 g/mol. The molecule has 0 unspecified atom stereocenters. The number of hydrogen-bond acceptors (Lipinski definition) is 5. The lowest BCUT2D eigenvalue weighted by Crippen LogP contribution is -2.49. The fourth-order valence-electron chi connectivity index (χ4n) is 2.79. The minimum absolute atomic E-state index is 0.0184. The molecule has 1 fully saturated rings. The van der Waals surface area contributed by atoms with Gasteiger partial charge >= 0.3 is 6.03 Å². The first-order chi connectivity index (χ1) is 12.7. The molecule has 138 valence electrons. The lowest BCUT2D eigenvalue weighted by atomic mass is 10.3. The summed E-state index contributed by atoms with van der Waals surface area (Å²) in [5, 5.41) is 15.1. The van der Waals surface area contributed by atoms with Crippen LogP contribution in [0.15, 0.2) is 42.5 Å². The van der Waals surface area contributed by atoms with E-state index in [9.17, 15) is 9.59 Å². The van der Waals surface area contributed by atoms with Crippen LogP contribution in [0.1, 0.15) is 9.67 Å². The van der Waals surface area contributed by atoms with Gasteiger partial charge in [-0.25, -0.2) is 4.79 Å². The van der Waals surface area contributed by atoms with Crippen molar-refractivity contribution in [3.63, 3.8) is 0 Å². The first-order valence-corrected chi connectivity index (χ1v) is 9.33. The van der Waals surface area contributed by atoms with Crippen LogP contribution in [0, 0.1) is 0 Å². The summed E-state index contributed by atoms with van der Waals surface area (Å²) in [6.45, 7) is 3.61. The zero-order chi connectivity index (χ0) is 18.4. The normalized spacial score (nSPS) is 14.9. The molecule has 0 spiro atoms. The largest absolute Gasteiger partial charge is 0.395 e. The Bertz CT molecular complexity index is 742. The van der Waals surface area contributed by atoms with Crippen molar-refractivity contribution in [3.05, 3.63) is 47.3 Å². The highest BCUT2D eigenvalue weighted by molar-refractivity contribution is 7.18. The van der Waals surface area contributed by atoms with Gasteiger partial charge in [0.15, 0.2) is 0 Å². The number of para-hydroxylation sites is 1. The number of urea groups is 1. The van der Waals surface area contributed by atoms with Crippen molar-refractivity contribution in [2.75, 3.05) is 50.0 Å². The van der Waals surface area contributed by atoms with Gasteiger partial charge in [-0.3, -0.25) is 15.0 Å². The number of piperazine rings is 1. The molecule has 2 heterocycles. The Labute approximate surface area is 156 Å². The number of anilines is 2. The molecule has 0 bridgehead atoms. The van der Waals surface area contributed by atoms with Crippen LogP contribution in [0.4, 0.5) is 15.5 Å². The van der Waals surface area contributed by atoms with Gasteiger partial charge in [0.1, 0.15) is 0 Å². The number of rotatable bonds is 5. The van der Waals surface area contributed by atoms with Crippen LogP contribution >= 0.6 is 11.3 Å². The molecule has 8 heteroatoms. The van der Waals surface area contributed by atoms with E-state index in [1.54, 1.807) is 24.3 Å². The maximum absolute atomic E-state index is 12.6. The van der Waals surface area contributed by atoms with Crippen LogP contribution in [0.3, 0.4) is 0 Å². The third-order valence-corrected chi connectivity index (χ3v) is 5.15. The average Bonchev–Trinajstić information content (AvgIpc) is 3.11. The first kappa shape index (κ1) is 18.4. The molecule has 1 aliphatic rings. The number of nitrogens with one attached hydrogen (secondary N) is 2. The van der Waals surface area contributed by atoms with Crippen molar-refractivity contribution in [1.29, 1.82) is 0 Å². The molecule has 0 radical (unpaired) electrons. The molecule has 1 saturated heterocycles. The number of benzene rings is 1. The molecular formula is C18H22N4O3S. The molecule has 3 amide bonds. The SMILES string of the molecule is O=C(Nc1ccccc1)Nc1ccc(C(=O)N2CCN(CCO)CC2)s1. The Morgan fingerprint density at radius 1 is 1.00 bits per heavy atom. The van der Waals surface area contributed by atoms with Gasteiger partial charge in [-0.2, -0.15) is 0 Å². The molecule has 1 aliphatic heterocycles. The van der Waals surface area contributed by atoms with Crippen molar-refractivity contribution in [2.24, 2.45) is 0 Å². The topological polar surface area (TPSA) is 84.9 Å². The van der Waals surface area contributed by atoms with Crippen LogP contribution in [-0.4, -0.2) is 66.2 Å². The summed E-state index contributed by atoms with van der Waals surface area (Å²) in [7, 11) is 0. The predicted molar refractivity (Wildman–Crippen MR) is 103 cm³/mol. The van der Waals surface area contributed by atoms with E-state index >= 15 is 0 Å². The first-order valence-electron chi connectivity index (χ1n) is 8.51. The van der Waals surface area contributed by atoms with Crippen LogP contribution in [0.2, 0.25) is 0 Å². The minimum atomic E-state index is -0.338. The highest BCUT2D eigenvalue weighted by Gasteiger charge is 2.23. The number of nitrogens with zero attached hydrogens (tertiary/aromatic N) is 2. The van der Waals surface area contributed by atoms with Crippen LogP contribution in [0.25, 0.3) is 0 Å². The Kier molecular flexibility index (Phi) is 6.21. The van der Waals surface area contributed by atoms with E-state index in [0.29, 0.717) is 35.2 Å². The summed E-state index contributed by atoms with van der Waals surface area (Å²) in [5.41, 5.74) is 0.707. The molecule has 7 nitrogen and oxygen atoms in total. The minimum Gasteiger partial charge on any atom is -0.395 e. The summed E-state index contributed by atoms with van der Waals surface area (Å²) in [4.78, 5) is 29.2. The van der Waals surface area contributed by atoms with Gasteiger partial charge in [-0.15, -0.1) is 11.3 Å². The third-order valence-electron chi connectivity index (χ3n) is 4.16. The number of thiophene rings is 1. The van der Waals surface area contributed by atoms with Gasteiger partial charge in [0.2, 0.25) is 0 Å². The summed E-state index contributed by atoms with van der Waals surface area (Å²) in [6, 6.07) is 12.3. The number of hydrogen-bond donors (Lipinski definition) is 3. The molecule has 1 aromatic carbocycles. The van der Waals surface area contributed by atoms with Crippen molar-refractivity contribution in [2.45, 2.75) is 0 Å². The van der Waals surface area contributed by atoms with E-state index in [4.69, 9.17) is 5.11 Å². The van der Waals surface area contributed by atoms with Crippen LogP contribution < -0.4 is 10.6 Å². The lowest BCUT2D eigenvalue weighted by Gasteiger charge is -2.34. The number of aliphatic hydroxyl groups is 1. The predicted octanol–water partition coefficient (Wildman–Crippen LogP) is 2.14. The van der Waals surface area contributed by atoms with E-state index in [1.165, 1.54) is 11.3 Å². The molecule has 3 rings (SSSR count). The van der Waals surface area contributed by atoms with E-state index in [-0.39, 0.29) is 18.5 Å². The number of β-amino-alcohol motifs (C(OH)–C–C–N with tert-alkyl or cyclic N) is 1. The number of carbonyl (C=O) groups excluding carboxylic acids is 2. The third kappa shape index (κ3) is 4.81. The van der Waals surface area contributed by atoms with Gasteiger partial charge in [-0.1, -0.05) is 18.2 Å². The van der Waals surface area contributed by atoms with E-state index < -0.39 is 0 Å². The van der Waals surface area contributed by atoms with Crippen molar-refractivity contribution in [3.8, 4) is 0 Å². The van der Waals surface area contributed by atoms with E-state index in [1.807, 2.05) is 23.1 Å². The fraction of sp³-hybridized carbons (Fsp3) is 0.333. The van der Waals surface area contributed by atoms with E-state index in [2.05, 4.69) is 15.5 Å². The van der Waals surface area contributed by atoms with Crippen molar-refractivity contribution in [1.82, 2.24) is 9.80 Å². The molecule has 1 aromatic heterocycles. The zero-order valence-electron chi connectivity index (χ0n) is 14.4. The number of aliphatic hydroxyl groups excluding tert-OH is 1. The number of amides is 3. The standard InChI is InChI=1S/C18H22N4O3S/c23-13-12-21-8-10-22(11-9-21)17(24)15-6-7-16(26-15)20-18(25)19-14-4-2-1-3-5-14/h1-7,23H,8-13H2,(H2,19,20,25). The second-order valence-electron chi connectivity index (χ2n) is 5.97. The second kappa shape index (κ2) is 8.79. The highest BCUT2D eigenvalue weighted by Crippen LogP contribution is 2.24. The zero-order valence-corrected chi connectivity index (χ0v) is 15.2. The van der Waals surface area contributed by atoms with Gasteiger partial charge in [0, 0.05) is 38.4 Å². The Morgan fingerprint density at radius 3 is 2.42 bits per heavy atom. The summed E-state index contributed by atoms with van der Waals surface area (Å²) in [6.07, 6.45) is 0. The van der Waals surface area contributed by atoms with Crippen molar-refractivity contribution < 1.29 is 14.7 Å². The monoisotopic (exact) mass is 374 g/mol. The maximum atomic E-state index is 12.6. The van der Waals surface area contributed by atoms with Gasteiger partial charge < -0.3 is 15.3 Å². The maximum Gasteiger partial charge on any atom is 0.324 e. The molecule has 26 heavy (non-hydrogen) atoms. The smallest absolute Gasteiger partial charge is 0.324 e. The summed E-state index contributed by atoms with van der Waals surface area (Å²) < 4.78 is 0. The van der Waals surface area contributed by atoms with Gasteiger partial charge in [-0.05, 0) is 24.3 Å². The van der Waals surface area contributed by atoms with E-state index in [0.717, 1.165) is 13.1 Å². The molecule has 2 aromatic rings. The summed E-state index contributed by atoms with van der Waals surface area (Å²) >= 11 is 1.27. The Balaban J connectivity index is 1.52. The molecule has 0 saturated carbocycles. The Hall–Kier alpha value is -2.42. The molecule has 0 atom stereocenters. The second-order valence-corrected chi connectivity index (χ2v) is 7.05. The van der Waals surface area contributed by atoms with Crippen molar-refractivity contribution >= 4 is 34.0 Å². The van der Waals surface area contributed by atoms with Crippen LogP contribution in [0.5, 0.6) is 0 Å². The van der Waals surface area contributed by atoms with Crippen LogP contribution in [-0.2, 0) is 0 Å². The van der Waals surface area contributed by atoms with Gasteiger partial charge in [0.05, 0.1) is 16.5 Å². The average molecular weight is 374 g/mol. The Morgan fingerprint density at radius 2 is 1.73 bits per heavy atom. The highest BCUT2D eigenvalue weighted by atomic mass is 32.1. The summed E-state index contributed by atoms with van der Waals surface area (Å²) in [5.74, 6) is -0.0184. The fourth-order valence-corrected chi connectivity index (χ4v) is 3.66. The molecule has 3 N–H and O–H groups in total. The molecule has 0 aliphatic carbocycles. The van der Waals surface area contributed by atoms with Gasteiger partial charge in [0.25, 0.3) is 5.91 Å².